The lowest BCUT2D eigenvalue weighted by atomic mass is 9.54. The Morgan fingerprint density at radius 1 is 0.667 bits per heavy atom. The molecule has 2 saturated heterocycles. The molecule has 37 nitrogen and oxygen atoms in total. The molecule has 738 valence electrons. The van der Waals surface area contributed by atoms with Gasteiger partial charge in [-0.05, 0) is 256 Å². The molecule has 2 aromatic carbocycles. The van der Waals surface area contributed by atoms with Crippen molar-refractivity contribution >= 4 is 80.5 Å². The van der Waals surface area contributed by atoms with Gasteiger partial charge in [-0.2, -0.15) is 0 Å². The summed E-state index contributed by atoms with van der Waals surface area (Å²) in [5.41, 5.74) is 11.0. The number of hydrogen-bond donors (Lipinski definition) is 21. The number of halogens is 2. The average molecular weight is 1920 g/mol. The number of nitrogens with one attached hydrogen (secondary N) is 10. The highest BCUT2D eigenvalue weighted by atomic mass is 35.5. The molecule has 8 amide bonds. The summed E-state index contributed by atoms with van der Waals surface area (Å²) in [6.07, 6.45) is -14.6. The Balaban J connectivity index is 0.867. The second-order valence-corrected chi connectivity index (χ2v) is 43.6. The zero-order chi connectivity index (χ0) is 94.8. The Morgan fingerprint density at radius 3 is 1.92 bits per heavy atom. The van der Waals surface area contributed by atoms with Crippen LogP contribution in [0.25, 0.3) is 0 Å². The Bertz CT molecular complexity index is 4450. The van der Waals surface area contributed by atoms with Crippen LogP contribution >= 0.6 is 23.2 Å². The smallest absolute Gasteiger partial charge is 0.247 e. The summed E-state index contributed by atoms with van der Waals surface area (Å²) in [6, 6.07) is -4.12. The maximum absolute atomic E-state index is 16.8. The van der Waals surface area contributed by atoms with Crippen molar-refractivity contribution < 1.29 is 121 Å². The number of hydrogen-bond acceptors (Lipinski definition) is 28. The van der Waals surface area contributed by atoms with Gasteiger partial charge in [-0.15, -0.1) is 23.2 Å². The summed E-state index contributed by atoms with van der Waals surface area (Å²) >= 11 is 15.1. The molecule has 9 aliphatic carbocycles. The van der Waals surface area contributed by atoms with Crippen LogP contribution in [0.1, 0.15) is 194 Å². The first-order valence-electron chi connectivity index (χ1n) is 47.9. The lowest BCUT2D eigenvalue weighted by Crippen LogP contribution is -2.68. The summed E-state index contributed by atoms with van der Waals surface area (Å²) < 4.78 is 69.8. The van der Waals surface area contributed by atoms with E-state index in [1.165, 1.54) is 31.3 Å². The van der Waals surface area contributed by atoms with Gasteiger partial charge >= 0.3 is 0 Å². The quantitative estimate of drug-likeness (QED) is 0.0418. The molecule has 6 heterocycles. The second-order valence-electron chi connectivity index (χ2n) is 40.7. The molecule has 15 aliphatic rings. The largest absolute Gasteiger partial charge is 0.494 e. The fourth-order valence-electron chi connectivity index (χ4n) is 23.9. The van der Waals surface area contributed by atoms with Crippen LogP contribution in [0.5, 0.6) is 23.0 Å². The van der Waals surface area contributed by atoms with Crippen molar-refractivity contribution in [3.05, 3.63) is 42.0 Å². The lowest BCUT2D eigenvalue weighted by Gasteiger charge is -2.55. The molecule has 9 saturated carbocycles. The molecule has 23 N–H and O–H groups in total. The predicted molar refractivity (Wildman–Crippen MR) is 479 cm³/mol. The standard InChI is InChI=1S/C92H140Cl2N12O25S/c1-7-8-9-23-126-52-14-16-53(17-15-52)132(124,125)99-22-10-21-98-39-56-62(109)36-55-70(80(56)114)54-30-45(11-18-61(54)108)72-87(119)106-76(91(123)104-74(55)89(121)101-71-48-26-43-25-44(28-48)29-49(71)27-43)78(112)47-13-20-64(58(94)32-47)129-66-34-50-33-65(82(66)130-67-35-51(40-107)79(113)81(115)83(67)131-69-38-92(5,96)84(116)42(4)127-69)128-63-19-12-46(31-57(63)93)77(111)75(105-85(117)59(97-6)24-41(2)3)90(122)100-60(37-68(95)110)86(118)102-73(50)88(120)103-72/h14-17,33-34,41-49,51,54-64,67,69-81,83-84,97-99,107-109,111-116H,7-13,18-32,35-40,96H2,1-6H3,(H2,95,110)(H,100,122)(H,101,121)(H,102,118)(H,103,120)(H,104,123)(H,105,117)(H,106,119)/t42-,43?,44?,45-,46-,47-,48?,49?,51+,54?,55?,56?,57+,58-,59+,60-,61+,62-,63+,64+,67+,69-,70?,71?,72+,73+,74-,75+,76-,77+,78+,79+,80?,81-,83-,84+,92-/m0/s1. The number of rotatable bonds is 27. The molecule has 5 unspecified atom stereocenters. The van der Waals surface area contributed by atoms with Crippen LogP contribution in [-0.4, -0.2) is 286 Å². The number of aliphatic hydroxyl groups is 9. The highest BCUT2D eigenvalue weighted by molar-refractivity contribution is 7.89. The number of likely N-dealkylation sites (N-methyl/N-ethyl adjacent to an activating group) is 1. The van der Waals surface area contributed by atoms with E-state index in [2.05, 4.69) is 59.5 Å². The third-order valence-corrected chi connectivity index (χ3v) is 33.3. The van der Waals surface area contributed by atoms with Gasteiger partial charge in [0.05, 0.1) is 83.6 Å². The molecule has 32 atom stereocenters. The number of ether oxygens (including phenoxy) is 6. The Kier molecular flexibility index (Phi) is 33.4. The van der Waals surface area contributed by atoms with Crippen molar-refractivity contribution in [1.29, 1.82) is 0 Å². The number of sulfonamides is 1. The van der Waals surface area contributed by atoms with E-state index in [0.717, 1.165) is 51.4 Å². The first-order chi connectivity index (χ1) is 62.8. The number of unbranched alkanes of at least 4 members (excludes halogenated alkanes) is 2. The topological polar surface area (TPSA) is 580 Å². The van der Waals surface area contributed by atoms with E-state index in [4.69, 9.17) is 63.1 Å². The first-order valence-corrected chi connectivity index (χ1v) is 50.3. The normalized spacial score (nSPS) is 40.3. The van der Waals surface area contributed by atoms with Gasteiger partial charge in [-0.1, -0.05) is 33.6 Å². The van der Waals surface area contributed by atoms with Gasteiger partial charge in [0, 0.05) is 49.5 Å². The molecule has 6 aliphatic heterocycles. The average Bonchev–Trinajstić information content (AvgIpc) is 0.750. The van der Waals surface area contributed by atoms with Crippen LogP contribution in [0.4, 0.5) is 0 Å². The number of aliphatic hydroxyl groups excluding tert-OH is 9. The van der Waals surface area contributed by atoms with E-state index < -0.39 is 262 Å². The molecular formula is C92H140Cl2N12O25S. The van der Waals surface area contributed by atoms with Gasteiger partial charge in [0.2, 0.25) is 63.0 Å². The third-order valence-electron chi connectivity index (χ3n) is 30.9. The predicted octanol–water partition coefficient (Wildman–Crippen LogP) is 0.149. The number of carbonyl (C=O) groups excluding carboxylic acids is 8. The molecular weight excluding hydrogens is 1780 g/mol. The van der Waals surface area contributed by atoms with E-state index in [9.17, 15) is 64.0 Å². The number of amides is 8. The SMILES string of the molecule is CCCCCOc1ccc(S(=O)(=O)NCCCNCC2C(O)C3C4C[C@H](CC[C@H]4O)[C@H]4NC(=O)[C@@H]5NC(=O)[C@H](CC(N)=O)NC(=O)[C@H](NC(=O)[C@@H](CC(C)C)NC)[C@H](O)[C@H]6CC[C@@H](Oc7cc5cc(c7O[C@@H]5C[C@H](CO)[C@@H](O)[C@H](O)[C@H]5O[C@H]5C[C@](C)(N)[C@H](O)[C@H](C)O5)O[C@@H]5CC[C@@H](C[C@@H]5Cl)[C@@H](O)[C@H](NC4=O)C(=O)N[C@H](C(=O)NC4C5CC7CC(C5)CC4C7)C3C[C@@H]2O)[C@H](Cl)C6)cc1. The maximum Gasteiger partial charge on any atom is 0.247 e. The molecule has 11 fully saturated rings. The van der Waals surface area contributed by atoms with Crippen molar-refractivity contribution in [3.8, 4) is 23.0 Å². The van der Waals surface area contributed by atoms with E-state index in [1.807, 2.05) is 13.8 Å². The van der Waals surface area contributed by atoms with E-state index >= 15 is 28.8 Å². The van der Waals surface area contributed by atoms with Gasteiger partial charge in [0.25, 0.3) is 0 Å². The fourth-order valence-corrected chi connectivity index (χ4v) is 25.8. The number of alkyl halides is 2. The van der Waals surface area contributed by atoms with Crippen LogP contribution in [-0.2, 0) is 57.9 Å². The van der Waals surface area contributed by atoms with Crippen LogP contribution < -0.4 is 83.0 Å². The van der Waals surface area contributed by atoms with Gasteiger partial charge in [0.15, 0.2) is 17.8 Å². The van der Waals surface area contributed by atoms with Crippen molar-refractivity contribution in [3.63, 3.8) is 0 Å². The molecule has 15 bridgehead atoms. The minimum absolute atomic E-state index is 0.00664. The number of fused-ring (bicyclic) bond motifs is 15. The number of primary amides is 1. The monoisotopic (exact) mass is 1910 g/mol. The number of benzene rings is 2. The van der Waals surface area contributed by atoms with Crippen LogP contribution in [0.15, 0.2) is 41.3 Å². The van der Waals surface area contributed by atoms with Gasteiger partial charge in [0.1, 0.15) is 72.5 Å². The second kappa shape index (κ2) is 43.6. The van der Waals surface area contributed by atoms with Crippen molar-refractivity contribution in [2.75, 3.05) is 39.9 Å². The lowest BCUT2D eigenvalue weighted by molar-refractivity contribution is -0.286. The Labute approximate surface area is 780 Å². The fraction of sp³-hybridized carbons (Fsp3) is 0.783. The Morgan fingerprint density at radius 2 is 1.30 bits per heavy atom. The summed E-state index contributed by atoms with van der Waals surface area (Å²) in [5.74, 6) is -16.4. The van der Waals surface area contributed by atoms with Gasteiger partial charge in [-0.3, -0.25) is 38.4 Å². The zero-order valence-corrected chi connectivity index (χ0v) is 78.3. The van der Waals surface area contributed by atoms with Crippen molar-refractivity contribution in [1.82, 2.24) is 52.6 Å². The van der Waals surface area contributed by atoms with Gasteiger partial charge < -0.3 is 134 Å². The summed E-state index contributed by atoms with van der Waals surface area (Å²) in [7, 11) is -2.45. The van der Waals surface area contributed by atoms with Crippen LogP contribution in [0, 0.1) is 76.9 Å². The van der Waals surface area contributed by atoms with E-state index in [-0.39, 0.29) is 161 Å². The first kappa shape index (κ1) is 101. The zero-order valence-electron chi connectivity index (χ0n) is 76.0. The number of carbonyl (C=O) groups is 8. The molecule has 40 heteroatoms. The third kappa shape index (κ3) is 23.0. The van der Waals surface area contributed by atoms with Gasteiger partial charge in [-0.25, -0.2) is 13.1 Å². The Hall–Kier alpha value is -6.67. The highest BCUT2D eigenvalue weighted by Crippen LogP contribution is 2.55. The minimum atomic E-state index is -3.98. The summed E-state index contributed by atoms with van der Waals surface area (Å²) in [4.78, 5) is 125. The molecule has 0 spiro atoms. The molecule has 17 rings (SSSR count). The highest BCUT2D eigenvalue weighted by Gasteiger charge is 2.59. The molecule has 0 aromatic heterocycles. The molecule has 132 heavy (non-hydrogen) atoms. The van der Waals surface area contributed by atoms with E-state index in [0.29, 0.717) is 24.2 Å². The van der Waals surface area contributed by atoms with Crippen LogP contribution in [0.2, 0.25) is 0 Å². The molecule has 2 aromatic rings. The summed E-state index contributed by atoms with van der Waals surface area (Å²) in [5, 5.41) is 135. The van der Waals surface area contributed by atoms with Crippen molar-refractivity contribution in [2.45, 2.75) is 337 Å². The number of nitrogens with two attached hydrogens (primary N) is 2. The van der Waals surface area contributed by atoms with Crippen LogP contribution in [0.3, 0.4) is 0 Å². The van der Waals surface area contributed by atoms with E-state index in [1.54, 1.807) is 26.0 Å². The minimum Gasteiger partial charge on any atom is -0.494 e. The maximum atomic E-state index is 16.8. The summed E-state index contributed by atoms with van der Waals surface area (Å²) in [6.45, 7) is 8.83. The van der Waals surface area contributed by atoms with Crippen molar-refractivity contribution in [2.24, 2.45) is 88.4 Å². The molecule has 0 radical (unpaired) electrons.